The Morgan fingerprint density at radius 2 is 2.18 bits per heavy atom. The second-order valence-electron chi connectivity index (χ2n) is 7.64. The van der Waals surface area contributed by atoms with Crippen molar-refractivity contribution in [1.82, 2.24) is 14.5 Å². The lowest BCUT2D eigenvalue weighted by molar-refractivity contribution is 0.0787. The van der Waals surface area contributed by atoms with E-state index in [1.54, 1.807) is 0 Å². The van der Waals surface area contributed by atoms with Gasteiger partial charge in [0.2, 0.25) is 0 Å². The van der Waals surface area contributed by atoms with Crippen LogP contribution in [0.15, 0.2) is 66.3 Å². The standard InChI is InChI=1S/C22H22N4OS/c1-16(2)14-26-17-6-3-10-23-20(17)25-11-4-8-19(25)22(26)9-12-24(15-22)21(27)18-7-5-13-28-18/h3-8,10-11,13H,1,9,12,14-15H2,2H3/t22-/m1/s1. The van der Waals surface area contributed by atoms with Crippen molar-refractivity contribution in [2.45, 2.75) is 18.9 Å². The van der Waals surface area contributed by atoms with Gasteiger partial charge >= 0.3 is 0 Å². The largest absolute Gasteiger partial charge is 0.351 e. The molecular formula is C22H22N4OS. The third-order valence-corrected chi connectivity index (χ3v) is 6.58. The Kier molecular flexibility index (Phi) is 3.91. The average molecular weight is 391 g/mol. The molecular weight excluding hydrogens is 368 g/mol. The highest BCUT2D eigenvalue weighted by Crippen LogP contribution is 2.47. The molecule has 3 aromatic rings. The first-order valence-corrected chi connectivity index (χ1v) is 10.4. The van der Waals surface area contributed by atoms with E-state index in [0.717, 1.165) is 41.5 Å². The molecule has 1 atom stereocenters. The van der Waals surface area contributed by atoms with Crippen molar-refractivity contribution in [1.29, 1.82) is 0 Å². The molecule has 28 heavy (non-hydrogen) atoms. The van der Waals surface area contributed by atoms with Gasteiger partial charge in [0.05, 0.1) is 16.3 Å². The second-order valence-corrected chi connectivity index (χ2v) is 8.59. The van der Waals surface area contributed by atoms with Crippen LogP contribution in [0.4, 0.5) is 5.69 Å². The van der Waals surface area contributed by atoms with E-state index >= 15 is 0 Å². The van der Waals surface area contributed by atoms with E-state index in [0.29, 0.717) is 6.54 Å². The predicted molar refractivity (Wildman–Crippen MR) is 112 cm³/mol. The number of carbonyl (C=O) groups is 1. The Hall–Kier alpha value is -2.86. The van der Waals surface area contributed by atoms with Gasteiger partial charge in [-0.05, 0) is 49.1 Å². The van der Waals surface area contributed by atoms with Gasteiger partial charge in [-0.3, -0.25) is 4.79 Å². The van der Waals surface area contributed by atoms with Crippen LogP contribution < -0.4 is 4.90 Å². The summed E-state index contributed by atoms with van der Waals surface area (Å²) in [5.41, 5.74) is 3.11. The molecule has 1 spiro atoms. The van der Waals surface area contributed by atoms with Crippen molar-refractivity contribution in [2.24, 2.45) is 0 Å². The number of hydrogen-bond donors (Lipinski definition) is 0. The lowest BCUT2D eigenvalue weighted by Crippen LogP contribution is -2.53. The van der Waals surface area contributed by atoms with Gasteiger partial charge in [-0.15, -0.1) is 11.3 Å². The van der Waals surface area contributed by atoms with Crippen LogP contribution in [0.2, 0.25) is 0 Å². The summed E-state index contributed by atoms with van der Waals surface area (Å²) >= 11 is 1.51. The number of likely N-dealkylation sites (tertiary alicyclic amines) is 1. The molecule has 6 heteroatoms. The second kappa shape index (κ2) is 6.34. The normalized spacial score (nSPS) is 20.3. The minimum Gasteiger partial charge on any atom is -0.351 e. The quantitative estimate of drug-likeness (QED) is 0.633. The smallest absolute Gasteiger partial charge is 0.264 e. The number of aromatic nitrogens is 2. The Bertz CT molecular complexity index is 1050. The molecule has 0 aromatic carbocycles. The highest BCUT2D eigenvalue weighted by molar-refractivity contribution is 7.12. The molecule has 0 radical (unpaired) electrons. The van der Waals surface area contributed by atoms with Gasteiger partial charge in [-0.25, -0.2) is 4.98 Å². The van der Waals surface area contributed by atoms with Gasteiger partial charge in [0.15, 0.2) is 5.82 Å². The fourth-order valence-corrected chi connectivity index (χ4v) is 5.25. The highest BCUT2D eigenvalue weighted by atomic mass is 32.1. The van der Waals surface area contributed by atoms with Crippen LogP contribution in [0.1, 0.15) is 28.7 Å². The van der Waals surface area contributed by atoms with Crippen molar-refractivity contribution < 1.29 is 4.79 Å². The summed E-state index contributed by atoms with van der Waals surface area (Å²) in [6, 6.07) is 12.2. The van der Waals surface area contributed by atoms with E-state index in [4.69, 9.17) is 0 Å². The van der Waals surface area contributed by atoms with Crippen molar-refractivity contribution in [3.05, 3.63) is 76.9 Å². The number of nitrogens with zero attached hydrogens (tertiary/aromatic N) is 4. The Morgan fingerprint density at radius 3 is 2.96 bits per heavy atom. The molecule has 1 fully saturated rings. The topological polar surface area (TPSA) is 41.4 Å². The minimum atomic E-state index is -0.272. The number of fused-ring (bicyclic) bond motifs is 4. The van der Waals surface area contributed by atoms with E-state index in [1.807, 2.05) is 34.7 Å². The van der Waals surface area contributed by atoms with E-state index in [1.165, 1.54) is 17.0 Å². The number of hydrogen-bond acceptors (Lipinski definition) is 4. The summed E-state index contributed by atoms with van der Waals surface area (Å²) in [6.07, 6.45) is 4.79. The van der Waals surface area contributed by atoms with Gasteiger partial charge < -0.3 is 14.4 Å². The zero-order chi connectivity index (χ0) is 19.3. The summed E-state index contributed by atoms with van der Waals surface area (Å²) in [6.45, 7) is 8.37. The van der Waals surface area contributed by atoms with Gasteiger partial charge in [-0.1, -0.05) is 18.2 Å². The summed E-state index contributed by atoms with van der Waals surface area (Å²) in [7, 11) is 0. The van der Waals surface area contributed by atoms with Gasteiger partial charge in [-0.2, -0.15) is 0 Å². The molecule has 1 saturated heterocycles. The van der Waals surface area contributed by atoms with Gasteiger partial charge in [0, 0.05) is 32.0 Å². The maximum Gasteiger partial charge on any atom is 0.264 e. The fraction of sp³-hybridized carbons (Fsp3) is 0.273. The van der Waals surface area contributed by atoms with E-state index in [-0.39, 0.29) is 11.4 Å². The summed E-state index contributed by atoms with van der Waals surface area (Å²) in [5, 5.41) is 1.96. The van der Waals surface area contributed by atoms with E-state index in [9.17, 15) is 4.79 Å². The van der Waals surface area contributed by atoms with Crippen LogP contribution in [0.3, 0.4) is 0 Å². The molecule has 1 amide bonds. The zero-order valence-corrected chi connectivity index (χ0v) is 16.7. The molecule has 2 aliphatic heterocycles. The molecule has 0 saturated carbocycles. The van der Waals surface area contributed by atoms with Crippen LogP contribution in [0.5, 0.6) is 0 Å². The number of anilines is 1. The van der Waals surface area contributed by atoms with Crippen molar-refractivity contribution in [3.8, 4) is 5.82 Å². The SMILES string of the molecule is C=C(C)CN1c2cccnc2-n2cccc2[C@]12CCN(C(=O)c1cccs1)C2. The average Bonchev–Trinajstić information content (AvgIpc) is 3.45. The van der Waals surface area contributed by atoms with Crippen molar-refractivity contribution >= 4 is 22.9 Å². The maximum atomic E-state index is 13.0. The molecule has 0 bridgehead atoms. The lowest BCUT2D eigenvalue weighted by atomic mass is 9.88. The fourth-order valence-electron chi connectivity index (χ4n) is 4.56. The molecule has 142 valence electrons. The molecule has 0 N–H and O–H groups in total. The van der Waals surface area contributed by atoms with Crippen molar-refractivity contribution in [3.63, 3.8) is 0 Å². The van der Waals surface area contributed by atoms with Crippen molar-refractivity contribution in [2.75, 3.05) is 24.5 Å². The monoisotopic (exact) mass is 390 g/mol. The molecule has 5 nitrogen and oxygen atoms in total. The zero-order valence-electron chi connectivity index (χ0n) is 15.8. The molecule has 0 aliphatic carbocycles. The number of amides is 1. The van der Waals surface area contributed by atoms with Crippen LogP contribution in [-0.2, 0) is 5.54 Å². The number of rotatable bonds is 3. The highest BCUT2D eigenvalue weighted by Gasteiger charge is 2.50. The van der Waals surface area contributed by atoms with Crippen LogP contribution >= 0.6 is 11.3 Å². The predicted octanol–water partition coefficient (Wildman–Crippen LogP) is 4.07. The lowest BCUT2D eigenvalue weighted by Gasteiger charge is -2.47. The Morgan fingerprint density at radius 1 is 1.29 bits per heavy atom. The first-order valence-electron chi connectivity index (χ1n) is 9.48. The Balaban J connectivity index is 1.61. The Labute approximate surface area is 168 Å². The molecule has 5 rings (SSSR count). The van der Waals surface area contributed by atoms with Crippen LogP contribution in [0, 0.1) is 0 Å². The van der Waals surface area contributed by atoms with E-state index in [2.05, 4.69) is 52.3 Å². The molecule has 2 aliphatic rings. The van der Waals surface area contributed by atoms with Gasteiger partial charge in [0.1, 0.15) is 5.54 Å². The third-order valence-electron chi connectivity index (χ3n) is 5.72. The molecule has 0 unspecified atom stereocenters. The number of thiophene rings is 1. The maximum absolute atomic E-state index is 13.0. The molecule has 3 aromatic heterocycles. The summed E-state index contributed by atoms with van der Waals surface area (Å²) in [4.78, 5) is 22.9. The summed E-state index contributed by atoms with van der Waals surface area (Å²) < 4.78 is 2.18. The number of pyridine rings is 1. The van der Waals surface area contributed by atoms with Gasteiger partial charge in [0.25, 0.3) is 5.91 Å². The number of carbonyl (C=O) groups excluding carboxylic acids is 1. The van der Waals surface area contributed by atoms with Crippen LogP contribution in [0.25, 0.3) is 5.82 Å². The first kappa shape index (κ1) is 17.3. The van der Waals surface area contributed by atoms with E-state index < -0.39 is 0 Å². The van der Waals surface area contributed by atoms with Crippen LogP contribution in [-0.4, -0.2) is 40.0 Å². The first-order chi connectivity index (χ1) is 13.6. The third kappa shape index (κ3) is 2.44. The minimum absolute atomic E-state index is 0.122. The molecule has 5 heterocycles. The summed E-state index contributed by atoms with van der Waals surface area (Å²) in [5.74, 6) is 1.06.